The SMILES string of the molecule is CCOCc1nc2c(NC(=O)OCc3cc(C)c(OC(=O)CCCCCn4cc(CN(CCC(=O)NCCO)C(=O)CCCCCN5C(=O)[C@@H]6C7C=CC(C7)[C@@H]6C5=O)nn4)c(C)c3)nc3ccccc3c2n1CC(C)(C)O. The summed E-state index contributed by atoms with van der Waals surface area (Å²) >= 11 is 0. The number of hydrogen-bond donors (Lipinski definition) is 4. The van der Waals surface area contributed by atoms with E-state index < -0.39 is 11.7 Å². The second-order valence-electron chi connectivity index (χ2n) is 21.0. The fraction of sp³-hybridized carbons (Fsp3) is 0.536. The maximum absolute atomic E-state index is 13.5. The second-order valence-corrected chi connectivity index (χ2v) is 21.0. The van der Waals surface area contributed by atoms with E-state index in [2.05, 4.69) is 33.1 Å². The van der Waals surface area contributed by atoms with Crippen LogP contribution in [0.25, 0.3) is 21.9 Å². The molecule has 0 spiro atoms. The summed E-state index contributed by atoms with van der Waals surface area (Å²) in [6, 6.07) is 11.1. The Morgan fingerprint density at radius 1 is 0.883 bits per heavy atom. The summed E-state index contributed by atoms with van der Waals surface area (Å²) in [5.41, 5.74) is 3.37. The maximum Gasteiger partial charge on any atom is 0.413 e. The number of fused-ring (bicyclic) bond motifs is 8. The minimum absolute atomic E-state index is 0.0502. The number of likely N-dealkylation sites (tertiary alicyclic amines) is 1. The van der Waals surface area contributed by atoms with Crippen molar-refractivity contribution < 1.29 is 53.2 Å². The lowest BCUT2D eigenvalue weighted by atomic mass is 9.85. The third-order valence-corrected chi connectivity index (χ3v) is 14.4. The van der Waals surface area contributed by atoms with Crippen LogP contribution in [0.1, 0.15) is 113 Å². The number of esters is 1. The average molecular weight is 1060 g/mol. The van der Waals surface area contributed by atoms with E-state index in [1.807, 2.05) is 61.7 Å². The van der Waals surface area contributed by atoms with Crippen molar-refractivity contribution in [3.8, 4) is 5.75 Å². The number of aliphatic hydroxyl groups excluding tert-OH is 1. The highest BCUT2D eigenvalue weighted by Crippen LogP contribution is 2.52. The number of nitrogens with zero attached hydrogens (tertiary/aromatic N) is 8. The van der Waals surface area contributed by atoms with Crippen molar-refractivity contribution in [2.24, 2.45) is 23.7 Å². The van der Waals surface area contributed by atoms with Gasteiger partial charge in [-0.05, 0) is 113 Å². The van der Waals surface area contributed by atoms with Crippen LogP contribution in [0, 0.1) is 37.5 Å². The molecule has 2 aromatic carbocycles. The fourth-order valence-corrected chi connectivity index (χ4v) is 10.9. The maximum atomic E-state index is 13.5. The molecular weight excluding hydrogens is 989 g/mol. The van der Waals surface area contributed by atoms with Gasteiger partial charge in [0.05, 0.1) is 54.4 Å². The normalized spacial score (nSPS) is 17.7. The fourth-order valence-electron chi connectivity index (χ4n) is 10.9. The Morgan fingerprint density at radius 3 is 2.29 bits per heavy atom. The molecule has 2 unspecified atom stereocenters. The molecule has 412 valence electrons. The Kier molecular flexibility index (Phi) is 18.5. The van der Waals surface area contributed by atoms with E-state index in [1.54, 1.807) is 29.6 Å². The minimum Gasteiger partial charge on any atom is -0.444 e. The molecule has 21 heteroatoms. The van der Waals surface area contributed by atoms with Crippen LogP contribution in [-0.4, -0.2) is 124 Å². The Balaban J connectivity index is 0.768. The van der Waals surface area contributed by atoms with Gasteiger partial charge in [-0.1, -0.05) is 48.4 Å². The van der Waals surface area contributed by atoms with E-state index in [9.17, 15) is 33.9 Å². The molecule has 21 nitrogen and oxygen atoms in total. The third kappa shape index (κ3) is 13.9. The molecule has 2 fully saturated rings. The molecule has 77 heavy (non-hydrogen) atoms. The Bertz CT molecular complexity index is 2940. The van der Waals surface area contributed by atoms with Gasteiger partial charge in [0.1, 0.15) is 36.0 Å². The molecule has 0 radical (unpaired) electrons. The standard InChI is InChI=1S/C56H72N10O11/c1-6-75-33-43-59-49-50(66(43)34-56(4,5)74)41-15-11-12-16-42(41)58-52(49)60-55(73)76-32-37-27-35(2)51(36(3)28-37)77-46(70)18-10-8-13-23-64-31-40(61-62-64)30-63(25-21-44(68)57-22-26-67)45(69)17-9-7-14-24-65-53(71)47-38-19-20-39(29-38)48(47)54(65)72/h11-12,15-16,19-20,27-28,31,38-39,47-48,67,74H,6-10,13-14,17-18,21-26,29-30,32-34H2,1-5H3,(H,57,68)(H,58,60,73)/t38?,39?,47-,48+. The summed E-state index contributed by atoms with van der Waals surface area (Å²) in [6.07, 6.45) is 10.4. The lowest BCUT2D eigenvalue weighted by Crippen LogP contribution is -2.35. The summed E-state index contributed by atoms with van der Waals surface area (Å²) < 4.78 is 20.8. The van der Waals surface area contributed by atoms with E-state index in [1.165, 1.54) is 4.90 Å². The van der Waals surface area contributed by atoms with E-state index in [0.717, 1.165) is 11.8 Å². The van der Waals surface area contributed by atoms with Gasteiger partial charge in [0.25, 0.3) is 0 Å². The van der Waals surface area contributed by atoms with Gasteiger partial charge in [0.15, 0.2) is 5.82 Å². The number of para-hydroxylation sites is 1. The van der Waals surface area contributed by atoms with Gasteiger partial charge in [-0.15, -0.1) is 5.10 Å². The smallest absolute Gasteiger partial charge is 0.413 e. The summed E-state index contributed by atoms with van der Waals surface area (Å²) in [5, 5.41) is 34.7. The topological polar surface area (TPSA) is 263 Å². The van der Waals surface area contributed by atoms with Crippen molar-refractivity contribution in [3.63, 3.8) is 0 Å². The van der Waals surface area contributed by atoms with Gasteiger partial charge < -0.3 is 39.2 Å². The van der Waals surface area contributed by atoms with Gasteiger partial charge in [-0.25, -0.2) is 14.8 Å². The number of imide groups is 1. The predicted molar refractivity (Wildman–Crippen MR) is 284 cm³/mol. The van der Waals surface area contributed by atoms with Crippen LogP contribution in [0.2, 0.25) is 0 Å². The molecule has 5 aromatic rings. The number of rotatable bonds is 28. The molecule has 4 N–H and O–H groups in total. The number of pyridine rings is 1. The van der Waals surface area contributed by atoms with Crippen molar-refractivity contribution >= 4 is 63.4 Å². The number of allylic oxidation sites excluding steroid dienone is 2. The number of imidazole rings is 1. The van der Waals surface area contributed by atoms with Gasteiger partial charge in [0.2, 0.25) is 23.6 Å². The molecular formula is C56H72N10O11. The van der Waals surface area contributed by atoms with Gasteiger partial charge in [-0.3, -0.25) is 38.9 Å². The molecule has 4 atom stereocenters. The van der Waals surface area contributed by atoms with E-state index in [-0.39, 0.29) is 124 Å². The highest BCUT2D eigenvalue weighted by atomic mass is 16.5. The molecule has 3 aromatic heterocycles. The predicted octanol–water partition coefficient (Wildman–Crippen LogP) is 6.21. The quantitative estimate of drug-likeness (QED) is 0.0143. The zero-order valence-electron chi connectivity index (χ0n) is 44.8. The zero-order chi connectivity index (χ0) is 54.8. The minimum atomic E-state index is -1.07. The number of unbranched alkanes of at least 4 members (excludes halogenated alkanes) is 4. The first-order valence-electron chi connectivity index (χ1n) is 26.9. The van der Waals surface area contributed by atoms with E-state index in [4.69, 9.17) is 29.3 Å². The van der Waals surface area contributed by atoms with Gasteiger partial charge >= 0.3 is 12.1 Å². The number of amides is 5. The van der Waals surface area contributed by atoms with Crippen molar-refractivity contribution in [3.05, 3.63) is 83.0 Å². The largest absolute Gasteiger partial charge is 0.444 e. The highest BCUT2D eigenvalue weighted by Gasteiger charge is 2.59. The van der Waals surface area contributed by atoms with Crippen LogP contribution in [0.3, 0.4) is 0 Å². The van der Waals surface area contributed by atoms with Gasteiger partial charge in [0, 0.05) is 57.4 Å². The lowest BCUT2D eigenvalue weighted by molar-refractivity contribution is -0.141. The number of ether oxygens (including phenoxy) is 3. The van der Waals surface area contributed by atoms with Crippen molar-refractivity contribution in [1.82, 2.24) is 44.6 Å². The third-order valence-electron chi connectivity index (χ3n) is 14.4. The Morgan fingerprint density at radius 2 is 1.58 bits per heavy atom. The molecule has 5 amide bonds. The molecule has 2 bridgehead atoms. The Labute approximate surface area is 447 Å². The first-order valence-corrected chi connectivity index (χ1v) is 26.9. The molecule has 1 saturated carbocycles. The molecule has 2 aliphatic carbocycles. The van der Waals surface area contributed by atoms with Crippen LogP contribution in [0.15, 0.2) is 54.7 Å². The van der Waals surface area contributed by atoms with Crippen molar-refractivity contribution in [1.29, 1.82) is 0 Å². The number of nitrogens with one attached hydrogen (secondary N) is 2. The monoisotopic (exact) mass is 1060 g/mol. The summed E-state index contributed by atoms with van der Waals surface area (Å²) in [4.78, 5) is 90.9. The number of aliphatic hydroxyl groups is 2. The molecule has 3 aliphatic rings. The number of anilines is 1. The molecule has 8 rings (SSSR count). The van der Waals surface area contributed by atoms with Crippen LogP contribution < -0.4 is 15.4 Å². The number of carbonyl (C=O) groups excluding carboxylic acids is 6. The van der Waals surface area contributed by atoms with Crippen molar-refractivity contribution in [2.45, 2.75) is 137 Å². The average Bonchev–Trinajstić information content (AvgIpc) is 4.44. The zero-order valence-corrected chi connectivity index (χ0v) is 44.8. The van der Waals surface area contributed by atoms with E-state index in [0.29, 0.717) is 109 Å². The van der Waals surface area contributed by atoms with Crippen LogP contribution in [0.4, 0.5) is 10.6 Å². The molecule has 1 saturated heterocycles. The molecule has 4 heterocycles. The summed E-state index contributed by atoms with van der Waals surface area (Å²) in [6.45, 7) is 10.9. The van der Waals surface area contributed by atoms with Crippen molar-refractivity contribution in [2.75, 3.05) is 38.2 Å². The molecule has 1 aliphatic heterocycles. The van der Waals surface area contributed by atoms with E-state index >= 15 is 0 Å². The number of aromatic nitrogens is 6. The Hall–Kier alpha value is -7.10. The summed E-state index contributed by atoms with van der Waals surface area (Å²) in [7, 11) is 0. The first kappa shape index (κ1) is 56.1. The summed E-state index contributed by atoms with van der Waals surface area (Å²) in [5.74, 6) is 0.216. The van der Waals surface area contributed by atoms with Crippen LogP contribution in [0.5, 0.6) is 5.75 Å². The number of benzene rings is 2. The first-order chi connectivity index (χ1) is 37.0. The van der Waals surface area contributed by atoms with Crippen LogP contribution >= 0.6 is 0 Å². The van der Waals surface area contributed by atoms with Crippen LogP contribution in [-0.2, 0) is 66.3 Å². The highest BCUT2D eigenvalue weighted by molar-refractivity contribution is 6.09. The number of aryl methyl sites for hydroxylation is 3. The number of hydrogen-bond acceptors (Lipinski definition) is 15. The number of carbonyl (C=O) groups is 6. The second kappa shape index (κ2) is 25.4. The lowest BCUT2D eigenvalue weighted by Gasteiger charge is -2.22. The van der Waals surface area contributed by atoms with Gasteiger partial charge in [-0.2, -0.15) is 0 Å².